The molecular formula is C24H32N4O5. The highest BCUT2D eigenvalue weighted by atomic mass is 16.5. The van der Waals surface area contributed by atoms with Crippen LogP contribution in [0.2, 0.25) is 0 Å². The molecule has 0 spiro atoms. The molecule has 0 radical (unpaired) electrons. The minimum atomic E-state index is -0.173. The van der Waals surface area contributed by atoms with E-state index in [1.807, 2.05) is 30.3 Å². The second kappa shape index (κ2) is 10.8. The number of methoxy groups -OCH3 is 1. The lowest BCUT2D eigenvalue weighted by Gasteiger charge is -2.37. The first-order valence-corrected chi connectivity index (χ1v) is 11.4. The molecule has 4 rings (SSSR count). The van der Waals surface area contributed by atoms with E-state index in [4.69, 9.17) is 14.3 Å². The van der Waals surface area contributed by atoms with Crippen LogP contribution in [0, 0.1) is 0 Å². The molecule has 1 aromatic carbocycles. The quantitative estimate of drug-likeness (QED) is 0.420. The van der Waals surface area contributed by atoms with E-state index in [0.717, 1.165) is 30.0 Å². The number of nitrogens with zero attached hydrogens (tertiary/aromatic N) is 1. The van der Waals surface area contributed by atoms with Gasteiger partial charge in [-0.1, -0.05) is 12.1 Å². The average molecular weight is 457 g/mol. The predicted molar refractivity (Wildman–Crippen MR) is 121 cm³/mol. The summed E-state index contributed by atoms with van der Waals surface area (Å²) < 4.78 is 10.7. The van der Waals surface area contributed by atoms with E-state index in [2.05, 4.69) is 20.9 Å². The van der Waals surface area contributed by atoms with E-state index in [0.29, 0.717) is 38.2 Å². The van der Waals surface area contributed by atoms with E-state index in [9.17, 15) is 9.59 Å². The molecule has 2 fully saturated rings. The first kappa shape index (κ1) is 23.3. The van der Waals surface area contributed by atoms with Crippen molar-refractivity contribution in [2.24, 2.45) is 0 Å². The van der Waals surface area contributed by atoms with Gasteiger partial charge in [-0.25, -0.2) is 0 Å². The number of hydrogen-bond acceptors (Lipinski definition) is 7. The van der Waals surface area contributed by atoms with Crippen molar-refractivity contribution in [2.45, 2.75) is 57.1 Å². The van der Waals surface area contributed by atoms with Crippen LogP contribution >= 0.6 is 0 Å². The normalized spacial score (nSPS) is 22.6. The van der Waals surface area contributed by atoms with E-state index in [1.165, 1.54) is 0 Å². The summed E-state index contributed by atoms with van der Waals surface area (Å²) >= 11 is 0. The minimum absolute atomic E-state index is 0.00523. The summed E-state index contributed by atoms with van der Waals surface area (Å²) in [6.45, 7) is 2.23. The molecule has 0 saturated carbocycles. The van der Waals surface area contributed by atoms with E-state index < -0.39 is 0 Å². The third kappa shape index (κ3) is 5.93. The fourth-order valence-corrected chi connectivity index (χ4v) is 4.57. The lowest BCUT2D eigenvalue weighted by atomic mass is 10.0. The number of carbonyl (C=O) groups excluding carboxylic acids is 2. The number of piperazine rings is 1. The molecule has 3 unspecified atom stereocenters. The number of aliphatic hydroxyl groups excluding tert-OH is 1. The maximum Gasteiger partial charge on any atom is 0.237 e. The lowest BCUT2D eigenvalue weighted by molar-refractivity contribution is -0.129. The van der Waals surface area contributed by atoms with Crippen LogP contribution < -0.4 is 20.7 Å². The van der Waals surface area contributed by atoms with E-state index >= 15 is 0 Å². The topological polar surface area (TPSA) is 116 Å². The number of fused-ring (bicyclic) bond motifs is 1. The highest BCUT2D eigenvalue weighted by Gasteiger charge is 2.43. The smallest absolute Gasteiger partial charge is 0.237 e. The van der Waals surface area contributed by atoms with Crippen LogP contribution in [0.5, 0.6) is 5.75 Å². The van der Waals surface area contributed by atoms with Crippen LogP contribution in [0.4, 0.5) is 0 Å². The van der Waals surface area contributed by atoms with Gasteiger partial charge >= 0.3 is 0 Å². The van der Waals surface area contributed by atoms with Crippen molar-refractivity contribution in [2.75, 3.05) is 20.2 Å². The zero-order chi connectivity index (χ0) is 23.2. The number of amides is 2. The van der Waals surface area contributed by atoms with Crippen LogP contribution in [0.15, 0.2) is 40.8 Å². The number of aliphatic hydroxyl groups is 1. The number of ether oxygens (including phenoxy) is 1. The molecule has 2 aliphatic rings. The fourth-order valence-electron chi connectivity index (χ4n) is 4.57. The number of furan rings is 1. The Labute approximate surface area is 193 Å². The first-order valence-electron chi connectivity index (χ1n) is 11.4. The Morgan fingerprint density at radius 1 is 1.21 bits per heavy atom. The van der Waals surface area contributed by atoms with Gasteiger partial charge in [0.25, 0.3) is 0 Å². The van der Waals surface area contributed by atoms with E-state index in [1.54, 1.807) is 13.2 Å². The molecular weight excluding hydrogens is 424 g/mol. The summed E-state index contributed by atoms with van der Waals surface area (Å²) in [4.78, 5) is 27.0. The largest absolute Gasteiger partial charge is 0.497 e. The zero-order valence-electron chi connectivity index (χ0n) is 18.9. The first-order chi connectivity index (χ1) is 16.1. The summed E-state index contributed by atoms with van der Waals surface area (Å²) in [5.74, 6) is 2.15. The van der Waals surface area contributed by atoms with Gasteiger partial charge in [-0.05, 0) is 42.7 Å². The molecule has 33 heavy (non-hydrogen) atoms. The van der Waals surface area contributed by atoms with Gasteiger partial charge in [-0.2, -0.15) is 0 Å². The summed E-state index contributed by atoms with van der Waals surface area (Å²) in [6.07, 6.45) is 1.82. The van der Waals surface area contributed by atoms with Crippen LogP contribution in [-0.2, 0) is 29.3 Å². The molecule has 9 heteroatoms. The molecule has 0 aliphatic carbocycles. The van der Waals surface area contributed by atoms with Gasteiger partial charge in [0.15, 0.2) is 0 Å². The Balaban J connectivity index is 1.24. The number of nitrogens with one attached hydrogen (secondary N) is 3. The highest BCUT2D eigenvalue weighted by molar-refractivity contribution is 5.83. The molecule has 4 N–H and O–H groups in total. The molecule has 1 aromatic heterocycles. The van der Waals surface area contributed by atoms with Crippen LogP contribution in [-0.4, -0.2) is 60.1 Å². The van der Waals surface area contributed by atoms with E-state index in [-0.39, 0.29) is 36.5 Å². The minimum Gasteiger partial charge on any atom is -0.497 e. The highest BCUT2D eigenvalue weighted by Crippen LogP contribution is 2.26. The fraction of sp³-hybridized carbons (Fsp3) is 0.500. The van der Waals surface area contributed by atoms with Crippen LogP contribution in [0.3, 0.4) is 0 Å². The van der Waals surface area contributed by atoms with Crippen LogP contribution in [0.25, 0.3) is 0 Å². The van der Waals surface area contributed by atoms with Gasteiger partial charge in [0.2, 0.25) is 11.8 Å². The predicted octanol–water partition coefficient (Wildman–Crippen LogP) is 0.908. The molecule has 178 valence electrons. The Kier molecular flexibility index (Phi) is 7.64. The van der Waals surface area contributed by atoms with Gasteiger partial charge < -0.3 is 30.2 Å². The maximum absolute atomic E-state index is 12.4. The number of benzene rings is 1. The molecule has 3 atom stereocenters. The zero-order valence-corrected chi connectivity index (χ0v) is 18.9. The van der Waals surface area contributed by atoms with Gasteiger partial charge in [0, 0.05) is 38.1 Å². The van der Waals surface area contributed by atoms with Crippen molar-refractivity contribution in [1.82, 2.24) is 20.9 Å². The summed E-state index contributed by atoms with van der Waals surface area (Å²) in [5, 5.41) is 18.6. The molecule has 3 heterocycles. The lowest BCUT2D eigenvalue weighted by Crippen LogP contribution is -2.58. The third-order valence-electron chi connectivity index (χ3n) is 6.41. The summed E-state index contributed by atoms with van der Waals surface area (Å²) in [5.41, 5.74) is 1.02. The van der Waals surface area contributed by atoms with Crippen molar-refractivity contribution in [3.8, 4) is 5.75 Å². The molecule has 2 amide bonds. The van der Waals surface area contributed by atoms with Crippen molar-refractivity contribution in [3.63, 3.8) is 0 Å². The van der Waals surface area contributed by atoms with Gasteiger partial charge in [-0.3, -0.25) is 14.5 Å². The Morgan fingerprint density at radius 3 is 2.73 bits per heavy atom. The summed E-state index contributed by atoms with van der Waals surface area (Å²) in [7, 11) is 1.63. The second-order valence-corrected chi connectivity index (χ2v) is 8.61. The van der Waals surface area contributed by atoms with Crippen molar-refractivity contribution >= 4 is 11.8 Å². The third-order valence-corrected chi connectivity index (χ3v) is 6.41. The van der Waals surface area contributed by atoms with Crippen LogP contribution in [0.1, 0.15) is 36.3 Å². The number of hydrogen-bond donors (Lipinski definition) is 4. The molecule has 2 saturated heterocycles. The maximum atomic E-state index is 12.4. The van der Waals surface area contributed by atoms with Gasteiger partial charge in [0.1, 0.15) is 23.9 Å². The Hall–Kier alpha value is -2.88. The molecule has 2 aromatic rings. The Morgan fingerprint density at radius 2 is 2.00 bits per heavy atom. The number of rotatable bonds is 10. The van der Waals surface area contributed by atoms with Crippen molar-refractivity contribution in [1.29, 1.82) is 0 Å². The SMILES string of the molecule is COc1ccc(CNC(=O)CCC2CNC(=O)C3CC(NCc4ccc(CO)o4)CN23)cc1. The van der Waals surface area contributed by atoms with Crippen molar-refractivity contribution in [3.05, 3.63) is 53.5 Å². The average Bonchev–Trinajstić information content (AvgIpc) is 3.49. The monoisotopic (exact) mass is 456 g/mol. The summed E-state index contributed by atoms with van der Waals surface area (Å²) in [6, 6.07) is 11.4. The van der Waals surface area contributed by atoms with Gasteiger partial charge in [0.05, 0.1) is 19.7 Å². The Bertz CT molecular complexity index is 945. The molecule has 0 bridgehead atoms. The molecule has 9 nitrogen and oxygen atoms in total. The standard InChI is InChI=1S/C24H32N4O5/c1-32-19-5-2-16(3-6-19)11-26-23(30)9-4-18-12-27-24(31)22-10-17(14-28(18)22)25-13-20-7-8-21(15-29)33-20/h2-3,5-8,17-18,22,25,29H,4,9-15H2,1H3,(H,26,30)(H,27,31). The second-order valence-electron chi connectivity index (χ2n) is 8.61. The van der Waals surface area contributed by atoms with Gasteiger partial charge in [-0.15, -0.1) is 0 Å². The van der Waals surface area contributed by atoms with Crippen molar-refractivity contribution < 1.29 is 23.8 Å². The number of carbonyl (C=O) groups is 2. The molecule has 2 aliphatic heterocycles.